The molecule has 1 N–H and O–H groups in total. The van der Waals surface area contributed by atoms with Gasteiger partial charge in [-0.25, -0.2) is 18.1 Å². The minimum absolute atomic E-state index is 0.185. The van der Waals surface area contributed by atoms with Gasteiger partial charge in [0, 0.05) is 17.8 Å². The Morgan fingerprint density at radius 3 is 3.00 bits per heavy atom. The first-order valence-electron chi connectivity index (χ1n) is 6.02. The number of thiazole rings is 1. The van der Waals surface area contributed by atoms with Gasteiger partial charge >= 0.3 is 0 Å². The van der Waals surface area contributed by atoms with Crippen molar-refractivity contribution in [2.45, 2.75) is 18.4 Å². The number of nitrogens with zero attached hydrogens (tertiary/aromatic N) is 2. The lowest BCUT2D eigenvalue weighted by atomic mass is 10.2. The van der Waals surface area contributed by atoms with Gasteiger partial charge in [0.05, 0.1) is 17.1 Å². The second-order valence-electron chi connectivity index (χ2n) is 4.47. The maximum Gasteiger partial charge on any atom is 0.240 e. The number of rotatable bonds is 4. The first kappa shape index (κ1) is 13.3. The lowest BCUT2D eigenvalue weighted by Crippen LogP contribution is -2.23. The van der Waals surface area contributed by atoms with E-state index in [-0.39, 0.29) is 11.4 Å². The van der Waals surface area contributed by atoms with Gasteiger partial charge in [0.1, 0.15) is 0 Å². The molecule has 0 aliphatic heterocycles. The molecule has 0 aliphatic rings. The van der Waals surface area contributed by atoms with Crippen LogP contribution in [0.5, 0.6) is 0 Å². The van der Waals surface area contributed by atoms with E-state index in [1.165, 1.54) is 11.3 Å². The third-order valence-corrected chi connectivity index (χ3v) is 5.06. The number of imidazole rings is 1. The van der Waals surface area contributed by atoms with Crippen LogP contribution in [-0.2, 0) is 16.6 Å². The Morgan fingerprint density at radius 1 is 1.40 bits per heavy atom. The normalized spacial score (nSPS) is 12.1. The molecule has 0 saturated carbocycles. The van der Waals surface area contributed by atoms with Crippen LogP contribution in [0.4, 0.5) is 0 Å². The van der Waals surface area contributed by atoms with E-state index < -0.39 is 10.0 Å². The molecule has 1 aromatic carbocycles. The fourth-order valence-electron chi connectivity index (χ4n) is 1.90. The van der Waals surface area contributed by atoms with E-state index in [4.69, 9.17) is 0 Å². The van der Waals surface area contributed by atoms with Gasteiger partial charge in [-0.2, -0.15) is 0 Å². The number of sulfonamides is 1. The number of hydrogen-bond donors (Lipinski definition) is 1. The molecule has 0 spiro atoms. The first-order valence-corrected chi connectivity index (χ1v) is 8.38. The Labute approximate surface area is 121 Å². The molecule has 0 bridgehead atoms. The van der Waals surface area contributed by atoms with Crippen LogP contribution in [0.1, 0.15) is 11.3 Å². The van der Waals surface area contributed by atoms with Gasteiger partial charge in [-0.15, -0.1) is 11.3 Å². The Morgan fingerprint density at radius 2 is 2.25 bits per heavy atom. The van der Waals surface area contributed by atoms with Crippen LogP contribution >= 0.6 is 11.3 Å². The third kappa shape index (κ3) is 2.60. The minimum Gasteiger partial charge on any atom is -0.297 e. The van der Waals surface area contributed by atoms with Crippen molar-refractivity contribution in [3.05, 3.63) is 53.3 Å². The highest BCUT2D eigenvalue weighted by Crippen LogP contribution is 2.13. The Kier molecular flexibility index (Phi) is 3.33. The molecule has 2 heterocycles. The molecule has 20 heavy (non-hydrogen) atoms. The maximum absolute atomic E-state index is 12.2. The lowest BCUT2D eigenvalue weighted by molar-refractivity contribution is 0.580. The molecule has 104 valence electrons. The van der Waals surface area contributed by atoms with Crippen molar-refractivity contribution in [2.24, 2.45) is 0 Å². The molecule has 5 nitrogen and oxygen atoms in total. The Hall–Kier alpha value is -1.70. The van der Waals surface area contributed by atoms with Crippen LogP contribution in [0.25, 0.3) is 4.96 Å². The number of fused-ring (bicyclic) bond motifs is 1. The molecule has 0 unspecified atom stereocenters. The summed E-state index contributed by atoms with van der Waals surface area (Å²) < 4.78 is 28.8. The molecule has 0 fully saturated rings. The summed E-state index contributed by atoms with van der Waals surface area (Å²) in [5.74, 6) is 0. The standard InChI is InChI=1S/C13H13N3O2S2/c1-10-3-2-4-12(7-10)20(17,18)14-8-11-9-16-5-6-19-13(16)15-11/h2-7,9,14H,8H2,1H3. The number of benzene rings is 1. The predicted molar refractivity (Wildman–Crippen MR) is 78.3 cm³/mol. The summed E-state index contributed by atoms with van der Waals surface area (Å²) in [6.07, 6.45) is 3.72. The zero-order valence-corrected chi connectivity index (χ0v) is 12.4. The molecular weight excluding hydrogens is 294 g/mol. The second kappa shape index (κ2) is 5.01. The fourth-order valence-corrected chi connectivity index (χ4v) is 3.72. The molecule has 2 aromatic heterocycles. The molecule has 0 atom stereocenters. The van der Waals surface area contributed by atoms with E-state index in [9.17, 15) is 8.42 Å². The van der Waals surface area contributed by atoms with E-state index in [0.717, 1.165) is 10.5 Å². The summed E-state index contributed by atoms with van der Waals surface area (Å²) in [6, 6.07) is 6.83. The molecule has 0 amide bonds. The molecular formula is C13H13N3O2S2. The Balaban J connectivity index is 1.78. The number of nitrogens with one attached hydrogen (secondary N) is 1. The quantitative estimate of drug-likeness (QED) is 0.803. The van der Waals surface area contributed by atoms with E-state index in [1.807, 2.05) is 35.2 Å². The van der Waals surface area contributed by atoms with Crippen LogP contribution in [-0.4, -0.2) is 17.8 Å². The van der Waals surface area contributed by atoms with Crippen molar-refractivity contribution in [1.29, 1.82) is 0 Å². The summed E-state index contributed by atoms with van der Waals surface area (Å²) in [5.41, 5.74) is 1.61. The minimum atomic E-state index is -3.50. The lowest BCUT2D eigenvalue weighted by Gasteiger charge is -2.05. The molecule has 0 saturated heterocycles. The number of aromatic nitrogens is 2. The third-order valence-electron chi connectivity index (χ3n) is 2.89. The van der Waals surface area contributed by atoms with E-state index in [0.29, 0.717) is 5.69 Å². The van der Waals surface area contributed by atoms with Crippen molar-refractivity contribution in [3.63, 3.8) is 0 Å². The second-order valence-corrected chi connectivity index (χ2v) is 7.11. The molecule has 0 radical (unpaired) electrons. The van der Waals surface area contributed by atoms with Crippen LogP contribution in [0.15, 0.2) is 46.9 Å². The molecule has 3 aromatic rings. The van der Waals surface area contributed by atoms with Crippen molar-refractivity contribution in [2.75, 3.05) is 0 Å². The highest BCUT2D eigenvalue weighted by atomic mass is 32.2. The van der Waals surface area contributed by atoms with E-state index in [2.05, 4.69) is 9.71 Å². The van der Waals surface area contributed by atoms with Gasteiger partial charge in [0.2, 0.25) is 10.0 Å². The van der Waals surface area contributed by atoms with Crippen LogP contribution in [0.2, 0.25) is 0 Å². The monoisotopic (exact) mass is 307 g/mol. The zero-order valence-electron chi connectivity index (χ0n) is 10.8. The molecule has 7 heteroatoms. The van der Waals surface area contributed by atoms with Crippen LogP contribution in [0, 0.1) is 6.92 Å². The average molecular weight is 307 g/mol. The highest BCUT2D eigenvalue weighted by Gasteiger charge is 2.14. The molecule has 0 aliphatic carbocycles. The summed E-state index contributed by atoms with van der Waals surface area (Å²) in [6.45, 7) is 2.05. The van der Waals surface area contributed by atoms with Crippen LogP contribution in [0.3, 0.4) is 0 Å². The summed E-state index contributed by atoms with van der Waals surface area (Å²) in [5, 5.41) is 1.93. The summed E-state index contributed by atoms with van der Waals surface area (Å²) >= 11 is 1.51. The first-order chi connectivity index (χ1) is 9.54. The van der Waals surface area contributed by atoms with Gasteiger partial charge in [0.25, 0.3) is 0 Å². The van der Waals surface area contributed by atoms with Crippen molar-refractivity contribution in [1.82, 2.24) is 14.1 Å². The van der Waals surface area contributed by atoms with Crippen LogP contribution < -0.4 is 4.72 Å². The number of aryl methyl sites for hydroxylation is 1. The van der Waals surface area contributed by atoms with Gasteiger partial charge < -0.3 is 0 Å². The largest absolute Gasteiger partial charge is 0.297 e. The van der Waals surface area contributed by atoms with Crippen molar-refractivity contribution < 1.29 is 8.42 Å². The summed E-state index contributed by atoms with van der Waals surface area (Å²) in [7, 11) is -3.50. The maximum atomic E-state index is 12.2. The van der Waals surface area contributed by atoms with Gasteiger partial charge in [-0.3, -0.25) is 4.40 Å². The summed E-state index contributed by atoms with van der Waals surface area (Å²) in [4.78, 5) is 5.47. The van der Waals surface area contributed by atoms with Gasteiger partial charge in [-0.1, -0.05) is 12.1 Å². The van der Waals surface area contributed by atoms with E-state index in [1.54, 1.807) is 18.2 Å². The smallest absolute Gasteiger partial charge is 0.240 e. The van der Waals surface area contributed by atoms with Gasteiger partial charge in [0.15, 0.2) is 4.96 Å². The SMILES string of the molecule is Cc1cccc(S(=O)(=O)NCc2cn3ccsc3n2)c1. The molecule has 3 rings (SSSR count). The Bertz CT molecular complexity index is 821. The van der Waals surface area contributed by atoms with Crippen molar-refractivity contribution >= 4 is 26.3 Å². The number of hydrogen-bond acceptors (Lipinski definition) is 4. The zero-order chi connectivity index (χ0) is 14.2. The predicted octanol–water partition coefficient (Wildman–Crippen LogP) is 2.18. The van der Waals surface area contributed by atoms with Crippen molar-refractivity contribution in [3.8, 4) is 0 Å². The van der Waals surface area contributed by atoms with E-state index >= 15 is 0 Å². The fraction of sp³-hybridized carbons (Fsp3) is 0.154. The van der Waals surface area contributed by atoms with Gasteiger partial charge in [-0.05, 0) is 24.6 Å². The highest BCUT2D eigenvalue weighted by molar-refractivity contribution is 7.89. The average Bonchev–Trinajstić information content (AvgIpc) is 2.97. The topological polar surface area (TPSA) is 63.5 Å².